The molecule has 0 aromatic heterocycles. The Morgan fingerprint density at radius 3 is 2.30 bits per heavy atom. The lowest BCUT2D eigenvalue weighted by Gasteiger charge is -2.19. The summed E-state index contributed by atoms with van der Waals surface area (Å²) >= 11 is 0. The number of hydrogen-bond acceptors (Lipinski definition) is 5. The number of benzene rings is 1. The van der Waals surface area contributed by atoms with Crippen molar-refractivity contribution in [2.45, 2.75) is 6.92 Å². The number of ether oxygens (including phenoxy) is 1. The van der Waals surface area contributed by atoms with Crippen molar-refractivity contribution < 1.29 is 23.9 Å². The molecular formula is C18H12O5. The van der Waals surface area contributed by atoms with Crippen LogP contribution in [0.5, 0.6) is 5.75 Å². The predicted octanol–water partition coefficient (Wildman–Crippen LogP) is 1.94. The minimum atomic E-state index is -0.472. The second-order valence-electron chi connectivity index (χ2n) is 5.30. The van der Waals surface area contributed by atoms with Gasteiger partial charge in [0, 0.05) is 16.7 Å². The molecule has 0 bridgehead atoms. The first-order valence-electron chi connectivity index (χ1n) is 6.90. The van der Waals surface area contributed by atoms with E-state index in [0.717, 1.165) is 29.9 Å². The molecule has 0 saturated carbocycles. The summed E-state index contributed by atoms with van der Waals surface area (Å²) in [7, 11) is 1.42. The molecule has 0 heterocycles. The first-order chi connectivity index (χ1) is 10.9. The summed E-state index contributed by atoms with van der Waals surface area (Å²) in [5, 5.41) is 0. The normalized spacial score (nSPS) is 17.0. The van der Waals surface area contributed by atoms with Gasteiger partial charge < -0.3 is 4.74 Å². The summed E-state index contributed by atoms with van der Waals surface area (Å²) in [6, 6.07) is 3.25. The molecule has 1 aromatic carbocycles. The molecule has 114 valence electrons. The molecule has 0 amide bonds. The largest absolute Gasteiger partial charge is 0.496 e. The standard InChI is InChI=1S/C18H12O5/c1-9-5-13-17(16(6-9)23-2)15(21)8-12(18(13)22)11-7-10(19)3-4-14(11)20/h3-8H,1-2H3. The molecule has 5 heteroatoms. The molecular weight excluding hydrogens is 296 g/mol. The quantitative estimate of drug-likeness (QED) is 0.780. The maximum Gasteiger partial charge on any atom is 0.194 e. The molecule has 2 aliphatic carbocycles. The monoisotopic (exact) mass is 308 g/mol. The Labute approximate surface area is 131 Å². The summed E-state index contributed by atoms with van der Waals surface area (Å²) in [5.41, 5.74) is 1.00. The first-order valence-corrected chi connectivity index (χ1v) is 6.90. The number of methoxy groups -OCH3 is 1. The summed E-state index contributed by atoms with van der Waals surface area (Å²) in [6.45, 7) is 1.77. The van der Waals surface area contributed by atoms with Gasteiger partial charge in [-0.2, -0.15) is 0 Å². The van der Waals surface area contributed by atoms with Crippen molar-refractivity contribution in [2.75, 3.05) is 7.11 Å². The molecule has 1 aromatic rings. The smallest absolute Gasteiger partial charge is 0.194 e. The first kappa shape index (κ1) is 14.8. The highest BCUT2D eigenvalue weighted by molar-refractivity contribution is 6.33. The van der Waals surface area contributed by atoms with Gasteiger partial charge in [0.15, 0.2) is 23.1 Å². The zero-order valence-corrected chi connectivity index (χ0v) is 12.5. The Morgan fingerprint density at radius 2 is 1.61 bits per heavy atom. The highest BCUT2D eigenvalue weighted by Gasteiger charge is 2.32. The molecule has 0 N–H and O–H groups in total. The summed E-state index contributed by atoms with van der Waals surface area (Å²) in [5.74, 6) is -1.45. The lowest BCUT2D eigenvalue weighted by molar-refractivity contribution is -0.114. The van der Waals surface area contributed by atoms with Crippen LogP contribution in [-0.2, 0) is 9.59 Å². The van der Waals surface area contributed by atoms with Crippen molar-refractivity contribution in [2.24, 2.45) is 0 Å². The Bertz CT molecular complexity index is 881. The average molecular weight is 308 g/mol. The summed E-state index contributed by atoms with van der Waals surface area (Å²) in [4.78, 5) is 48.6. The van der Waals surface area contributed by atoms with E-state index in [1.807, 2.05) is 0 Å². The van der Waals surface area contributed by atoms with Gasteiger partial charge in [-0.3, -0.25) is 19.2 Å². The predicted molar refractivity (Wildman–Crippen MR) is 81.7 cm³/mol. The van der Waals surface area contributed by atoms with E-state index in [4.69, 9.17) is 4.74 Å². The fourth-order valence-corrected chi connectivity index (χ4v) is 2.68. The van der Waals surface area contributed by atoms with Gasteiger partial charge in [-0.15, -0.1) is 0 Å². The molecule has 3 rings (SSSR count). The molecule has 0 radical (unpaired) electrons. The van der Waals surface area contributed by atoms with Crippen LogP contribution in [0.1, 0.15) is 26.3 Å². The van der Waals surface area contributed by atoms with E-state index in [0.29, 0.717) is 5.75 Å². The lowest BCUT2D eigenvalue weighted by atomic mass is 9.82. The molecule has 5 nitrogen and oxygen atoms in total. The third-order valence-corrected chi connectivity index (χ3v) is 3.72. The van der Waals surface area contributed by atoms with Gasteiger partial charge in [0.05, 0.1) is 12.7 Å². The van der Waals surface area contributed by atoms with Crippen molar-refractivity contribution in [3.05, 3.63) is 64.3 Å². The fraction of sp³-hybridized carbons (Fsp3) is 0.111. The van der Waals surface area contributed by atoms with Crippen LogP contribution in [0.2, 0.25) is 0 Å². The molecule has 23 heavy (non-hydrogen) atoms. The fourth-order valence-electron chi connectivity index (χ4n) is 2.68. The molecule has 0 spiro atoms. The van der Waals surface area contributed by atoms with Gasteiger partial charge >= 0.3 is 0 Å². The topological polar surface area (TPSA) is 77.5 Å². The summed E-state index contributed by atoms with van der Waals surface area (Å²) in [6.07, 6.45) is 4.40. The molecule has 0 atom stereocenters. The number of hydrogen-bond donors (Lipinski definition) is 0. The number of carbonyl (C=O) groups is 4. The van der Waals surface area contributed by atoms with Gasteiger partial charge in [-0.25, -0.2) is 0 Å². The van der Waals surface area contributed by atoms with Crippen molar-refractivity contribution in [3.63, 3.8) is 0 Å². The molecule has 0 aliphatic heterocycles. The zero-order chi connectivity index (χ0) is 16.7. The second-order valence-corrected chi connectivity index (χ2v) is 5.30. The Kier molecular flexibility index (Phi) is 3.41. The minimum absolute atomic E-state index is 0.0537. The Morgan fingerprint density at radius 1 is 0.870 bits per heavy atom. The van der Waals surface area contributed by atoms with Crippen LogP contribution in [0.3, 0.4) is 0 Å². The second kappa shape index (κ2) is 5.28. The lowest BCUT2D eigenvalue weighted by Crippen LogP contribution is -2.23. The van der Waals surface area contributed by atoms with Crippen LogP contribution in [0.15, 0.2) is 47.6 Å². The van der Waals surface area contributed by atoms with Gasteiger partial charge in [0.2, 0.25) is 0 Å². The summed E-state index contributed by atoms with van der Waals surface area (Å²) < 4.78 is 5.18. The molecule has 0 fully saturated rings. The highest BCUT2D eigenvalue weighted by atomic mass is 16.5. The minimum Gasteiger partial charge on any atom is -0.496 e. The number of ketones is 4. The number of rotatable bonds is 2. The van der Waals surface area contributed by atoms with Gasteiger partial charge in [-0.1, -0.05) is 0 Å². The van der Waals surface area contributed by atoms with Crippen molar-refractivity contribution in [3.8, 4) is 5.75 Å². The van der Waals surface area contributed by atoms with E-state index in [2.05, 4.69) is 0 Å². The Balaban J connectivity index is 2.18. The molecule has 0 unspecified atom stereocenters. The van der Waals surface area contributed by atoms with Crippen LogP contribution in [0.4, 0.5) is 0 Å². The van der Waals surface area contributed by atoms with Gasteiger partial charge in [0.25, 0.3) is 0 Å². The average Bonchev–Trinajstić information content (AvgIpc) is 2.52. The van der Waals surface area contributed by atoms with Crippen molar-refractivity contribution in [1.29, 1.82) is 0 Å². The maximum absolute atomic E-state index is 12.7. The third-order valence-electron chi connectivity index (χ3n) is 3.72. The number of allylic oxidation sites excluding steroid dienone is 6. The van der Waals surface area contributed by atoms with Crippen molar-refractivity contribution in [1.82, 2.24) is 0 Å². The number of carbonyl (C=O) groups excluding carboxylic acids is 4. The number of fused-ring (bicyclic) bond motifs is 1. The van der Waals surface area contributed by atoms with E-state index >= 15 is 0 Å². The van der Waals surface area contributed by atoms with Crippen LogP contribution < -0.4 is 4.74 Å². The molecule has 0 saturated heterocycles. The van der Waals surface area contributed by atoms with Gasteiger partial charge in [0.1, 0.15) is 5.75 Å². The van der Waals surface area contributed by atoms with Crippen molar-refractivity contribution >= 4 is 23.1 Å². The van der Waals surface area contributed by atoms with Crippen LogP contribution in [0.25, 0.3) is 0 Å². The number of Topliss-reactive ketones (excluding diaryl/α,β-unsaturated/α-hetero) is 1. The van der Waals surface area contributed by atoms with E-state index in [-0.39, 0.29) is 22.3 Å². The van der Waals surface area contributed by atoms with Gasteiger partial charge in [-0.05, 0) is 48.9 Å². The number of aryl methyl sites for hydroxylation is 1. The van der Waals surface area contributed by atoms with E-state index < -0.39 is 23.1 Å². The van der Waals surface area contributed by atoms with E-state index in [1.165, 1.54) is 7.11 Å². The SMILES string of the molecule is COc1cc(C)cc2c1C(=O)C=C(C1=CC(=O)C=CC1=O)C2=O. The molecule has 2 aliphatic rings. The van der Waals surface area contributed by atoms with Crippen LogP contribution >= 0.6 is 0 Å². The van der Waals surface area contributed by atoms with Crippen LogP contribution in [-0.4, -0.2) is 30.2 Å². The highest BCUT2D eigenvalue weighted by Crippen LogP contribution is 2.33. The Hall–Kier alpha value is -3.08. The maximum atomic E-state index is 12.7. The van der Waals surface area contributed by atoms with Crippen LogP contribution in [0, 0.1) is 6.92 Å². The zero-order valence-electron chi connectivity index (χ0n) is 12.5. The third kappa shape index (κ3) is 2.36. The van der Waals surface area contributed by atoms with E-state index in [1.54, 1.807) is 19.1 Å². The van der Waals surface area contributed by atoms with E-state index in [9.17, 15) is 19.2 Å².